The van der Waals surface area contributed by atoms with Crippen molar-refractivity contribution in [3.8, 4) is 0 Å². The number of nitrogens with one attached hydrogen (secondary N) is 1. The van der Waals surface area contributed by atoms with Crippen LogP contribution >= 0.6 is 0 Å². The van der Waals surface area contributed by atoms with Crippen LogP contribution in [-0.2, 0) is 19.4 Å². The molecule has 0 saturated carbocycles. The zero-order chi connectivity index (χ0) is 19.6. The van der Waals surface area contributed by atoms with Crippen molar-refractivity contribution in [2.24, 2.45) is 0 Å². The molecule has 1 saturated heterocycles. The average Bonchev–Trinajstić information content (AvgIpc) is 3.39. The first-order chi connectivity index (χ1) is 14.3. The molecule has 0 aromatic carbocycles. The zero-order valence-corrected chi connectivity index (χ0v) is 16.6. The van der Waals surface area contributed by atoms with Gasteiger partial charge in [0.15, 0.2) is 5.65 Å². The second-order valence-electron chi connectivity index (χ2n) is 8.05. The summed E-state index contributed by atoms with van der Waals surface area (Å²) in [6.07, 6.45) is 10.3. The molecular weight excluding hydrogens is 366 g/mol. The maximum atomic E-state index is 12.4. The second kappa shape index (κ2) is 7.94. The lowest BCUT2D eigenvalue weighted by atomic mass is 10.0. The van der Waals surface area contributed by atoms with Gasteiger partial charge in [-0.05, 0) is 56.3 Å². The molecule has 2 aliphatic rings. The first-order valence-electron chi connectivity index (χ1n) is 10.6. The van der Waals surface area contributed by atoms with E-state index in [0.29, 0.717) is 12.6 Å². The normalized spacial score (nSPS) is 19.5. The smallest absolute Gasteiger partial charge is 0.267 e. The number of piperidine rings is 1. The largest absolute Gasteiger partial charge is 0.367 e. The van der Waals surface area contributed by atoms with E-state index >= 15 is 0 Å². The Hall–Kier alpha value is -2.74. The summed E-state index contributed by atoms with van der Waals surface area (Å²) < 4.78 is 3.45. The number of hydrogen-bond acceptors (Lipinski definition) is 6. The molecule has 1 atom stereocenters. The number of aryl methyl sites for hydroxylation is 2. The Bertz CT molecular complexity index is 1060. The third-order valence-electron chi connectivity index (χ3n) is 6.15. The minimum atomic E-state index is 0.0372. The molecule has 3 aromatic heterocycles. The first kappa shape index (κ1) is 18.3. The van der Waals surface area contributed by atoms with E-state index in [1.165, 1.54) is 12.8 Å². The number of aromatic nitrogens is 5. The number of anilines is 1. The summed E-state index contributed by atoms with van der Waals surface area (Å²) in [6, 6.07) is 6.18. The SMILES string of the molecule is O=c1cc2c(nn1CCN1CCCCC1CNc1ccc3nccn3n1)CCC2. The lowest BCUT2D eigenvalue weighted by molar-refractivity contribution is 0.148. The molecule has 1 aliphatic heterocycles. The molecule has 1 unspecified atom stereocenters. The predicted octanol–water partition coefficient (Wildman–Crippen LogP) is 1.74. The highest BCUT2D eigenvalue weighted by atomic mass is 16.1. The van der Waals surface area contributed by atoms with Crippen LogP contribution in [0, 0.1) is 0 Å². The van der Waals surface area contributed by atoms with Gasteiger partial charge in [0.25, 0.3) is 5.56 Å². The Labute approximate surface area is 169 Å². The standard InChI is InChI=1S/C21H27N7O/c29-21-14-16-4-3-6-18(16)24-28(21)13-12-26-10-2-1-5-17(26)15-23-19-7-8-20-22-9-11-27(20)25-19/h7-9,11,14,17H,1-6,10,12-13,15H2,(H,23,25). The van der Waals surface area contributed by atoms with E-state index < -0.39 is 0 Å². The molecule has 3 aromatic rings. The van der Waals surface area contributed by atoms with Crippen molar-refractivity contribution < 1.29 is 0 Å². The van der Waals surface area contributed by atoms with Crippen LogP contribution in [-0.4, -0.2) is 55.0 Å². The summed E-state index contributed by atoms with van der Waals surface area (Å²) in [6.45, 7) is 3.42. The number of fused-ring (bicyclic) bond motifs is 2. The van der Waals surface area contributed by atoms with Crippen LogP contribution in [0.1, 0.15) is 36.9 Å². The van der Waals surface area contributed by atoms with Crippen molar-refractivity contribution in [1.82, 2.24) is 29.3 Å². The van der Waals surface area contributed by atoms with Gasteiger partial charge in [0.2, 0.25) is 0 Å². The van der Waals surface area contributed by atoms with E-state index in [4.69, 9.17) is 0 Å². The van der Waals surface area contributed by atoms with Gasteiger partial charge in [-0.1, -0.05) is 6.42 Å². The Morgan fingerprint density at radius 3 is 3.03 bits per heavy atom. The second-order valence-corrected chi connectivity index (χ2v) is 8.05. The molecule has 0 bridgehead atoms. The number of imidazole rings is 1. The highest BCUT2D eigenvalue weighted by Gasteiger charge is 2.23. The van der Waals surface area contributed by atoms with E-state index in [2.05, 4.69) is 25.4 Å². The Balaban J connectivity index is 1.22. The fraction of sp³-hybridized carbons (Fsp3) is 0.524. The van der Waals surface area contributed by atoms with Crippen LogP contribution in [0.4, 0.5) is 5.82 Å². The molecule has 4 heterocycles. The summed E-state index contributed by atoms with van der Waals surface area (Å²) in [4.78, 5) is 19.1. The van der Waals surface area contributed by atoms with Crippen molar-refractivity contribution in [3.05, 3.63) is 52.2 Å². The van der Waals surface area contributed by atoms with Crippen LogP contribution in [0.3, 0.4) is 0 Å². The summed E-state index contributed by atoms with van der Waals surface area (Å²) in [5.74, 6) is 0.859. The quantitative estimate of drug-likeness (QED) is 0.687. The zero-order valence-electron chi connectivity index (χ0n) is 16.6. The summed E-state index contributed by atoms with van der Waals surface area (Å²) in [5, 5.41) is 12.7. The van der Waals surface area contributed by atoms with Gasteiger partial charge in [-0.3, -0.25) is 9.69 Å². The van der Waals surface area contributed by atoms with Crippen molar-refractivity contribution in [2.45, 2.75) is 51.1 Å². The lowest BCUT2D eigenvalue weighted by Gasteiger charge is -2.35. The molecule has 0 radical (unpaired) electrons. The lowest BCUT2D eigenvalue weighted by Crippen LogP contribution is -2.45. The van der Waals surface area contributed by atoms with Crippen molar-refractivity contribution in [2.75, 3.05) is 25.0 Å². The summed E-state index contributed by atoms with van der Waals surface area (Å²) in [7, 11) is 0. The fourth-order valence-electron chi connectivity index (χ4n) is 4.54. The van der Waals surface area contributed by atoms with Crippen LogP contribution < -0.4 is 10.9 Å². The third kappa shape index (κ3) is 3.89. The molecule has 1 aliphatic carbocycles. The molecule has 29 heavy (non-hydrogen) atoms. The van der Waals surface area contributed by atoms with Crippen LogP contribution in [0.2, 0.25) is 0 Å². The van der Waals surface area contributed by atoms with Crippen LogP contribution in [0.5, 0.6) is 0 Å². The molecule has 8 heteroatoms. The first-order valence-corrected chi connectivity index (χ1v) is 10.6. The molecule has 1 N–H and O–H groups in total. The van der Waals surface area contributed by atoms with E-state index in [0.717, 1.165) is 68.0 Å². The predicted molar refractivity (Wildman–Crippen MR) is 111 cm³/mol. The van der Waals surface area contributed by atoms with Gasteiger partial charge in [0.05, 0.1) is 12.2 Å². The molecule has 0 spiro atoms. The van der Waals surface area contributed by atoms with Gasteiger partial charge in [-0.2, -0.15) is 5.10 Å². The topological polar surface area (TPSA) is 80.4 Å². The van der Waals surface area contributed by atoms with E-state index in [9.17, 15) is 4.79 Å². The molecule has 0 amide bonds. The maximum absolute atomic E-state index is 12.4. The molecule has 8 nitrogen and oxygen atoms in total. The van der Waals surface area contributed by atoms with Gasteiger partial charge in [-0.15, -0.1) is 5.10 Å². The number of likely N-dealkylation sites (tertiary alicyclic amines) is 1. The fourth-order valence-corrected chi connectivity index (χ4v) is 4.54. The van der Waals surface area contributed by atoms with Crippen molar-refractivity contribution in [3.63, 3.8) is 0 Å². The van der Waals surface area contributed by atoms with Crippen molar-refractivity contribution in [1.29, 1.82) is 0 Å². The Morgan fingerprint density at radius 1 is 1.10 bits per heavy atom. The van der Waals surface area contributed by atoms with Crippen LogP contribution in [0.15, 0.2) is 35.4 Å². The Morgan fingerprint density at radius 2 is 2.07 bits per heavy atom. The van der Waals surface area contributed by atoms with Gasteiger partial charge < -0.3 is 5.32 Å². The molecule has 152 valence electrons. The Kier molecular flexibility index (Phi) is 5.01. The maximum Gasteiger partial charge on any atom is 0.267 e. The minimum absolute atomic E-state index is 0.0372. The number of nitrogens with zero attached hydrogens (tertiary/aromatic N) is 6. The van der Waals surface area contributed by atoms with Crippen LogP contribution in [0.25, 0.3) is 5.65 Å². The number of hydrogen-bond donors (Lipinski definition) is 1. The molecule has 5 rings (SSSR count). The van der Waals surface area contributed by atoms with E-state index in [-0.39, 0.29) is 5.56 Å². The minimum Gasteiger partial charge on any atom is -0.367 e. The van der Waals surface area contributed by atoms with Gasteiger partial charge in [0.1, 0.15) is 5.82 Å². The highest BCUT2D eigenvalue weighted by molar-refractivity contribution is 5.43. The van der Waals surface area contributed by atoms with Gasteiger partial charge in [0, 0.05) is 37.6 Å². The van der Waals surface area contributed by atoms with E-state index in [1.807, 2.05) is 18.3 Å². The molecule has 1 fully saturated rings. The summed E-state index contributed by atoms with van der Waals surface area (Å²) in [5.41, 5.74) is 3.15. The number of rotatable bonds is 6. The third-order valence-corrected chi connectivity index (χ3v) is 6.15. The monoisotopic (exact) mass is 393 g/mol. The van der Waals surface area contributed by atoms with Crippen molar-refractivity contribution >= 4 is 11.5 Å². The van der Waals surface area contributed by atoms with Gasteiger partial charge in [-0.25, -0.2) is 14.2 Å². The average molecular weight is 393 g/mol. The molecular formula is C21H27N7O. The van der Waals surface area contributed by atoms with E-state index in [1.54, 1.807) is 21.5 Å². The summed E-state index contributed by atoms with van der Waals surface area (Å²) >= 11 is 0. The van der Waals surface area contributed by atoms with Gasteiger partial charge >= 0.3 is 0 Å². The highest BCUT2D eigenvalue weighted by Crippen LogP contribution is 2.19.